The highest BCUT2D eigenvalue weighted by molar-refractivity contribution is 5.96. The predicted octanol–water partition coefficient (Wildman–Crippen LogP) is 5.90. The van der Waals surface area contributed by atoms with Crippen LogP contribution >= 0.6 is 0 Å². The maximum Gasteiger partial charge on any atom is 0.387 e. The van der Waals surface area contributed by atoms with Crippen LogP contribution in [-0.4, -0.2) is 26.7 Å². The summed E-state index contributed by atoms with van der Waals surface area (Å²) >= 11 is 0. The molecular formula is C25H21F2NO5. The smallest absolute Gasteiger partial charge is 0.387 e. The number of amides is 1. The zero-order chi connectivity index (χ0) is 23.4. The number of ether oxygens (including phenoxy) is 3. The van der Waals surface area contributed by atoms with Gasteiger partial charge in [0.15, 0.2) is 0 Å². The van der Waals surface area contributed by atoms with E-state index in [0.717, 1.165) is 10.9 Å². The first-order chi connectivity index (χ1) is 16.0. The van der Waals surface area contributed by atoms with E-state index in [9.17, 15) is 13.6 Å². The van der Waals surface area contributed by atoms with Gasteiger partial charge in [0.2, 0.25) is 5.91 Å². The van der Waals surface area contributed by atoms with Crippen LogP contribution in [-0.2, 0) is 11.2 Å². The molecule has 33 heavy (non-hydrogen) atoms. The molecule has 0 fully saturated rings. The summed E-state index contributed by atoms with van der Waals surface area (Å²) in [5.41, 5.74) is 2.83. The number of anilines is 1. The van der Waals surface area contributed by atoms with Crippen LogP contribution < -0.4 is 19.5 Å². The van der Waals surface area contributed by atoms with Crippen molar-refractivity contribution in [2.45, 2.75) is 13.0 Å². The van der Waals surface area contributed by atoms with Gasteiger partial charge in [0.25, 0.3) is 0 Å². The highest BCUT2D eigenvalue weighted by atomic mass is 19.3. The van der Waals surface area contributed by atoms with Gasteiger partial charge in [-0.1, -0.05) is 12.1 Å². The molecule has 0 saturated carbocycles. The molecule has 0 radical (unpaired) electrons. The molecule has 4 aromatic rings. The third kappa shape index (κ3) is 5.06. The molecule has 170 valence electrons. The average molecular weight is 453 g/mol. The number of rotatable bonds is 8. The number of nitrogens with one attached hydrogen (secondary N) is 1. The Morgan fingerprint density at radius 1 is 0.970 bits per heavy atom. The standard InChI is InChI=1S/C25H21F2NO5/c1-30-18-6-3-15(4-7-18)21-12-17(5-10-22(21)33-25(26)27)28-24(29)11-16-14-32-23-13-19(31-2)8-9-20(16)23/h3-10,12-14,25H,11H2,1-2H3,(H,28,29). The van der Waals surface area contributed by atoms with Gasteiger partial charge in [0.05, 0.1) is 26.9 Å². The van der Waals surface area contributed by atoms with E-state index in [1.54, 1.807) is 49.6 Å². The van der Waals surface area contributed by atoms with Crippen molar-refractivity contribution >= 4 is 22.6 Å². The molecule has 0 unspecified atom stereocenters. The fraction of sp³-hybridized carbons (Fsp3) is 0.160. The van der Waals surface area contributed by atoms with Crippen LogP contribution in [0.5, 0.6) is 17.2 Å². The summed E-state index contributed by atoms with van der Waals surface area (Å²) in [6.07, 6.45) is 1.61. The van der Waals surface area contributed by atoms with Gasteiger partial charge in [-0.2, -0.15) is 8.78 Å². The molecule has 0 aliphatic heterocycles. The number of halogens is 2. The van der Waals surface area contributed by atoms with Crippen molar-refractivity contribution in [2.24, 2.45) is 0 Å². The summed E-state index contributed by atoms with van der Waals surface area (Å²) in [5.74, 6) is 1.01. The first-order valence-corrected chi connectivity index (χ1v) is 10.0. The molecule has 1 N–H and O–H groups in total. The number of alkyl halides is 2. The second-order valence-electron chi connectivity index (χ2n) is 7.17. The molecule has 0 aliphatic carbocycles. The molecule has 6 nitrogen and oxygen atoms in total. The van der Waals surface area contributed by atoms with Crippen molar-refractivity contribution in [3.8, 4) is 28.4 Å². The number of furan rings is 1. The van der Waals surface area contributed by atoms with Gasteiger partial charge in [-0.05, 0) is 48.0 Å². The van der Waals surface area contributed by atoms with Crippen LogP contribution in [0.2, 0.25) is 0 Å². The number of hydrogen-bond donors (Lipinski definition) is 1. The molecule has 0 spiro atoms. The van der Waals surface area contributed by atoms with Crippen molar-refractivity contribution in [2.75, 3.05) is 19.5 Å². The molecule has 0 atom stereocenters. The van der Waals surface area contributed by atoms with Crippen LogP contribution in [0.3, 0.4) is 0 Å². The molecule has 1 heterocycles. The Kier molecular flexibility index (Phi) is 6.44. The fourth-order valence-electron chi connectivity index (χ4n) is 3.51. The summed E-state index contributed by atoms with van der Waals surface area (Å²) in [6.45, 7) is -2.98. The molecule has 0 bridgehead atoms. The summed E-state index contributed by atoms with van der Waals surface area (Å²) in [7, 11) is 3.10. The van der Waals surface area contributed by atoms with E-state index < -0.39 is 6.61 Å². The highest BCUT2D eigenvalue weighted by Gasteiger charge is 2.15. The van der Waals surface area contributed by atoms with Crippen molar-refractivity contribution < 1.29 is 32.2 Å². The van der Waals surface area contributed by atoms with Crippen LogP contribution in [0.4, 0.5) is 14.5 Å². The van der Waals surface area contributed by atoms with E-state index in [4.69, 9.17) is 13.9 Å². The van der Waals surface area contributed by atoms with Crippen molar-refractivity contribution in [1.29, 1.82) is 0 Å². The molecular weight excluding hydrogens is 432 g/mol. The lowest BCUT2D eigenvalue weighted by Gasteiger charge is -2.14. The number of carbonyl (C=O) groups is 1. The second-order valence-corrected chi connectivity index (χ2v) is 7.17. The van der Waals surface area contributed by atoms with Gasteiger partial charge < -0.3 is 23.9 Å². The van der Waals surface area contributed by atoms with E-state index >= 15 is 0 Å². The van der Waals surface area contributed by atoms with E-state index in [2.05, 4.69) is 10.1 Å². The van der Waals surface area contributed by atoms with Gasteiger partial charge in [0, 0.05) is 28.3 Å². The van der Waals surface area contributed by atoms with Gasteiger partial charge >= 0.3 is 6.61 Å². The van der Waals surface area contributed by atoms with Crippen LogP contribution in [0.15, 0.2) is 71.3 Å². The monoisotopic (exact) mass is 453 g/mol. The van der Waals surface area contributed by atoms with E-state index in [-0.39, 0.29) is 18.1 Å². The Hall–Kier alpha value is -4.07. The van der Waals surface area contributed by atoms with E-state index in [1.165, 1.54) is 25.5 Å². The first kappa shape index (κ1) is 22.1. The molecule has 8 heteroatoms. The number of carbonyl (C=O) groups excluding carboxylic acids is 1. The minimum atomic E-state index is -2.98. The number of methoxy groups -OCH3 is 2. The Morgan fingerprint density at radius 2 is 1.70 bits per heavy atom. The first-order valence-electron chi connectivity index (χ1n) is 10.0. The lowest BCUT2D eigenvalue weighted by Crippen LogP contribution is -2.14. The third-order valence-corrected chi connectivity index (χ3v) is 5.09. The number of benzene rings is 3. The van der Waals surface area contributed by atoms with Crippen LogP contribution in [0.25, 0.3) is 22.1 Å². The maximum absolute atomic E-state index is 12.9. The molecule has 0 aliphatic rings. The summed E-state index contributed by atoms with van der Waals surface area (Å²) in [6, 6.07) is 16.8. The predicted molar refractivity (Wildman–Crippen MR) is 120 cm³/mol. The molecule has 3 aromatic carbocycles. The summed E-state index contributed by atoms with van der Waals surface area (Å²) < 4.78 is 46.3. The van der Waals surface area contributed by atoms with Crippen molar-refractivity contribution in [3.63, 3.8) is 0 Å². The van der Waals surface area contributed by atoms with Gasteiger partial charge in [-0.3, -0.25) is 4.79 Å². The average Bonchev–Trinajstić information content (AvgIpc) is 3.21. The normalized spacial score (nSPS) is 10.9. The zero-order valence-electron chi connectivity index (χ0n) is 17.9. The largest absolute Gasteiger partial charge is 0.497 e. The Labute approximate surface area is 188 Å². The van der Waals surface area contributed by atoms with Gasteiger partial charge in [-0.15, -0.1) is 0 Å². The molecule has 0 saturated heterocycles. The number of fused-ring (bicyclic) bond motifs is 1. The lowest BCUT2D eigenvalue weighted by atomic mass is 10.0. The second kappa shape index (κ2) is 9.60. The van der Waals surface area contributed by atoms with E-state index in [0.29, 0.717) is 33.9 Å². The summed E-state index contributed by atoms with van der Waals surface area (Å²) in [4.78, 5) is 12.7. The van der Waals surface area contributed by atoms with Gasteiger partial charge in [0.1, 0.15) is 22.8 Å². The summed E-state index contributed by atoms with van der Waals surface area (Å²) in [5, 5.41) is 3.62. The third-order valence-electron chi connectivity index (χ3n) is 5.09. The highest BCUT2D eigenvalue weighted by Crippen LogP contribution is 2.35. The quantitative estimate of drug-likeness (QED) is 0.360. The minimum Gasteiger partial charge on any atom is -0.497 e. The maximum atomic E-state index is 12.9. The fourth-order valence-corrected chi connectivity index (χ4v) is 3.51. The minimum absolute atomic E-state index is 0.00272. The van der Waals surface area contributed by atoms with Gasteiger partial charge in [-0.25, -0.2) is 0 Å². The van der Waals surface area contributed by atoms with Crippen molar-refractivity contribution in [1.82, 2.24) is 0 Å². The van der Waals surface area contributed by atoms with Crippen LogP contribution in [0, 0.1) is 0 Å². The molecule has 1 amide bonds. The Bertz CT molecular complexity index is 1270. The zero-order valence-corrected chi connectivity index (χ0v) is 17.9. The van der Waals surface area contributed by atoms with Crippen LogP contribution in [0.1, 0.15) is 5.56 Å². The number of hydrogen-bond acceptors (Lipinski definition) is 5. The SMILES string of the molecule is COc1ccc(-c2cc(NC(=O)Cc3coc4cc(OC)ccc34)ccc2OC(F)F)cc1. The van der Waals surface area contributed by atoms with Crippen molar-refractivity contribution in [3.05, 3.63) is 72.5 Å². The van der Waals surface area contributed by atoms with E-state index in [1.807, 2.05) is 6.07 Å². The Balaban J connectivity index is 1.56. The lowest BCUT2D eigenvalue weighted by molar-refractivity contribution is -0.115. The molecule has 4 rings (SSSR count). The molecule has 1 aromatic heterocycles. The Morgan fingerprint density at radius 3 is 2.39 bits per heavy atom. The topological polar surface area (TPSA) is 69.9 Å².